The van der Waals surface area contributed by atoms with Gasteiger partial charge in [-0.25, -0.2) is 9.06 Å². The zero-order valence-corrected chi connectivity index (χ0v) is 9.27. The van der Waals surface area contributed by atoms with Crippen LogP contribution < -0.4 is 0 Å². The zero-order chi connectivity index (χ0) is 8.20. The summed E-state index contributed by atoms with van der Waals surface area (Å²) in [6.45, 7) is 4.56. The molecule has 0 saturated heterocycles. The Morgan fingerprint density at radius 2 is 1.80 bits per heavy atom. The van der Waals surface area contributed by atoms with Crippen LogP contribution in [-0.2, 0) is 0 Å². The van der Waals surface area contributed by atoms with Gasteiger partial charge < -0.3 is 0 Å². The van der Waals surface area contributed by atoms with Crippen molar-refractivity contribution in [3.05, 3.63) is 0 Å². The molecule has 0 nitrogen and oxygen atoms in total. The Morgan fingerprint density at radius 3 is 2.10 bits per heavy atom. The molecule has 0 fully saturated rings. The Labute approximate surface area is 71.9 Å². The molecule has 10 heavy (non-hydrogen) atoms. The highest BCUT2D eigenvalue weighted by atomic mass is 33.1. The van der Waals surface area contributed by atoms with E-state index in [9.17, 15) is 0 Å². The van der Waals surface area contributed by atoms with Crippen LogP contribution in [0.1, 0.15) is 26.7 Å². The van der Waals surface area contributed by atoms with Crippen molar-refractivity contribution in [2.75, 3.05) is 18.3 Å². The lowest BCUT2D eigenvalue weighted by Crippen LogP contribution is -1.96. The molecule has 0 aromatic carbocycles. The van der Waals surface area contributed by atoms with Crippen LogP contribution in [0.3, 0.4) is 0 Å². The first-order valence-electron chi connectivity index (χ1n) is 3.85. The minimum atomic E-state index is -0.525. The van der Waals surface area contributed by atoms with Crippen LogP contribution in [-0.4, -0.2) is 18.3 Å². The van der Waals surface area contributed by atoms with Gasteiger partial charge in [-0.05, 0) is 30.6 Å². The lowest BCUT2D eigenvalue weighted by molar-refractivity contribution is 0.579. The summed E-state index contributed by atoms with van der Waals surface area (Å²) >= 11 is 4.54. The predicted molar refractivity (Wildman–Crippen MR) is 57.4 cm³/mol. The Balaban J connectivity index is 3.21. The third-order valence-corrected chi connectivity index (χ3v) is 3.26. The van der Waals surface area contributed by atoms with Crippen LogP contribution in [0.4, 0.5) is 0 Å². The highest BCUT2D eigenvalue weighted by Crippen LogP contribution is 2.45. The maximum absolute atomic E-state index is 4.54. The Bertz CT molecular complexity index is 81.7. The van der Waals surface area contributed by atoms with Crippen molar-refractivity contribution in [1.82, 2.24) is 0 Å². The second kappa shape index (κ2) is 4.55. The molecule has 2 heteroatoms. The molecule has 0 amide bonds. The summed E-state index contributed by atoms with van der Waals surface area (Å²) in [6, 6.07) is 0. The van der Waals surface area contributed by atoms with Gasteiger partial charge in [0.15, 0.2) is 0 Å². The van der Waals surface area contributed by atoms with E-state index in [0.717, 1.165) is 5.92 Å². The minimum absolute atomic E-state index is 0.525. The van der Waals surface area contributed by atoms with Gasteiger partial charge >= 0.3 is 0 Å². The Morgan fingerprint density at radius 1 is 1.30 bits per heavy atom. The van der Waals surface area contributed by atoms with Crippen LogP contribution in [0, 0.1) is 5.92 Å². The molecular formula is C8H20S2. The van der Waals surface area contributed by atoms with Gasteiger partial charge in [-0.15, -0.1) is 11.7 Å². The Kier molecular flexibility index (Phi) is 4.87. The van der Waals surface area contributed by atoms with Crippen LogP contribution in [0.5, 0.6) is 0 Å². The van der Waals surface area contributed by atoms with E-state index in [-0.39, 0.29) is 0 Å². The van der Waals surface area contributed by atoms with Gasteiger partial charge in [0.1, 0.15) is 0 Å². The topological polar surface area (TPSA) is 0 Å². The molecule has 0 bridgehead atoms. The van der Waals surface area contributed by atoms with E-state index in [4.69, 9.17) is 0 Å². The molecular weight excluding hydrogens is 160 g/mol. The average molecular weight is 180 g/mol. The fourth-order valence-corrected chi connectivity index (χ4v) is 2.11. The van der Waals surface area contributed by atoms with Crippen molar-refractivity contribution in [2.24, 2.45) is 5.92 Å². The largest absolute Gasteiger partial charge is 0.201 e. The molecule has 0 atom stereocenters. The molecule has 0 saturated carbocycles. The highest BCUT2D eigenvalue weighted by Gasteiger charge is 2.04. The third kappa shape index (κ3) is 8.70. The van der Waals surface area contributed by atoms with Gasteiger partial charge in [-0.3, -0.25) is 0 Å². The maximum Gasteiger partial charge on any atom is -0.0149 e. The fourth-order valence-electron chi connectivity index (χ4n) is 0.845. The summed E-state index contributed by atoms with van der Waals surface area (Å²) in [5, 5.41) is 0. The monoisotopic (exact) mass is 180 g/mol. The predicted octanol–water partition coefficient (Wildman–Crippen LogP) is 3.33. The highest BCUT2D eigenvalue weighted by molar-refractivity contribution is 8.87. The van der Waals surface area contributed by atoms with E-state index in [1.165, 1.54) is 18.6 Å². The SMILES string of the molecule is CC(C)CCCS(C)(C)S. The van der Waals surface area contributed by atoms with E-state index in [1.54, 1.807) is 0 Å². The van der Waals surface area contributed by atoms with Gasteiger partial charge in [0.05, 0.1) is 0 Å². The van der Waals surface area contributed by atoms with E-state index >= 15 is 0 Å². The van der Waals surface area contributed by atoms with Gasteiger partial charge in [-0.2, -0.15) is 0 Å². The number of rotatable bonds is 4. The van der Waals surface area contributed by atoms with Crippen LogP contribution in [0.2, 0.25) is 0 Å². The maximum atomic E-state index is 4.54. The van der Waals surface area contributed by atoms with E-state index in [1.807, 2.05) is 0 Å². The van der Waals surface area contributed by atoms with Crippen molar-refractivity contribution >= 4 is 20.7 Å². The zero-order valence-electron chi connectivity index (χ0n) is 7.55. The van der Waals surface area contributed by atoms with Gasteiger partial charge in [0, 0.05) is 0 Å². The average Bonchev–Trinajstić information content (AvgIpc) is 1.59. The molecule has 0 aliphatic rings. The van der Waals surface area contributed by atoms with Crippen LogP contribution in [0.15, 0.2) is 0 Å². The van der Waals surface area contributed by atoms with Crippen molar-refractivity contribution in [3.8, 4) is 0 Å². The first-order valence-corrected chi connectivity index (χ1v) is 7.52. The fraction of sp³-hybridized carbons (Fsp3) is 1.00. The molecule has 0 radical (unpaired) electrons. The van der Waals surface area contributed by atoms with Crippen molar-refractivity contribution in [1.29, 1.82) is 0 Å². The van der Waals surface area contributed by atoms with E-state index in [2.05, 4.69) is 38.0 Å². The molecule has 0 aromatic heterocycles. The summed E-state index contributed by atoms with van der Waals surface area (Å²) in [5.74, 6) is 2.17. The molecule has 0 aliphatic heterocycles. The molecule has 0 rings (SSSR count). The normalized spacial score (nSPS) is 14.2. The van der Waals surface area contributed by atoms with Crippen LogP contribution in [0.25, 0.3) is 0 Å². The summed E-state index contributed by atoms with van der Waals surface area (Å²) in [4.78, 5) is 0. The number of thiol groups is 1. The molecule has 0 heterocycles. The second-order valence-electron chi connectivity index (χ2n) is 3.72. The van der Waals surface area contributed by atoms with Gasteiger partial charge in [0.2, 0.25) is 0 Å². The summed E-state index contributed by atoms with van der Waals surface area (Å²) in [5.41, 5.74) is 0. The van der Waals surface area contributed by atoms with Crippen molar-refractivity contribution in [3.63, 3.8) is 0 Å². The van der Waals surface area contributed by atoms with Crippen molar-refractivity contribution < 1.29 is 0 Å². The summed E-state index contributed by atoms with van der Waals surface area (Å²) in [6.07, 6.45) is 7.23. The first kappa shape index (κ1) is 10.7. The molecule has 0 unspecified atom stereocenters. The standard InChI is InChI=1S/C8H20S2/c1-8(2)6-5-7-10(3,4)9/h8-9H,5-7H2,1-4H3. The second-order valence-corrected chi connectivity index (χ2v) is 10.1. The summed E-state index contributed by atoms with van der Waals surface area (Å²) in [7, 11) is -0.525. The van der Waals surface area contributed by atoms with Crippen molar-refractivity contribution in [2.45, 2.75) is 26.7 Å². The minimum Gasteiger partial charge on any atom is -0.201 e. The molecule has 0 spiro atoms. The number of hydrogen-bond donors (Lipinski definition) is 1. The molecule has 0 aliphatic carbocycles. The van der Waals surface area contributed by atoms with E-state index in [0.29, 0.717) is 0 Å². The molecule has 0 N–H and O–H groups in total. The van der Waals surface area contributed by atoms with Gasteiger partial charge in [-0.1, -0.05) is 20.3 Å². The van der Waals surface area contributed by atoms with E-state index < -0.39 is 9.06 Å². The quantitative estimate of drug-likeness (QED) is 0.498. The Hall–Kier alpha value is 0.700. The first-order chi connectivity index (χ1) is 4.42. The van der Waals surface area contributed by atoms with Gasteiger partial charge in [0.25, 0.3) is 0 Å². The molecule has 0 aromatic rings. The number of hydrogen-bond acceptors (Lipinski definition) is 1. The molecule has 64 valence electrons. The smallest absolute Gasteiger partial charge is 0.0149 e. The third-order valence-electron chi connectivity index (χ3n) is 1.43. The lowest BCUT2D eigenvalue weighted by atomic mass is 10.1. The van der Waals surface area contributed by atoms with Crippen LogP contribution >= 0.6 is 20.7 Å². The summed E-state index contributed by atoms with van der Waals surface area (Å²) < 4.78 is 0. The lowest BCUT2D eigenvalue weighted by Gasteiger charge is -2.23.